The number of hydrogen-bond acceptors (Lipinski definition) is 5. The lowest BCUT2D eigenvalue weighted by Gasteiger charge is -2.35. The van der Waals surface area contributed by atoms with Crippen LogP contribution in [0.5, 0.6) is 0 Å². The normalized spacial score (nSPS) is 17.8. The Hall–Kier alpha value is -1.71. The Morgan fingerprint density at radius 2 is 1.58 bits per heavy atom. The van der Waals surface area contributed by atoms with Gasteiger partial charge in [-0.2, -0.15) is 0 Å². The number of piperazine rings is 1. The van der Waals surface area contributed by atoms with Crippen molar-refractivity contribution >= 4 is 39.1 Å². The number of rotatable bonds is 7. The molecule has 33 heavy (non-hydrogen) atoms. The van der Waals surface area contributed by atoms with Crippen molar-refractivity contribution in [3.63, 3.8) is 0 Å². The summed E-state index contributed by atoms with van der Waals surface area (Å²) in [5.74, 6) is -1.34. The van der Waals surface area contributed by atoms with Gasteiger partial charge in [-0.3, -0.25) is 14.6 Å². The molecule has 2 fully saturated rings. The second-order valence-corrected chi connectivity index (χ2v) is 11.5. The lowest BCUT2D eigenvalue weighted by Crippen LogP contribution is -2.45. The zero-order chi connectivity index (χ0) is 23.8. The largest absolute Gasteiger partial charge is 0.297 e. The van der Waals surface area contributed by atoms with Crippen LogP contribution in [0.1, 0.15) is 45.8 Å². The first-order chi connectivity index (χ1) is 15.6. The van der Waals surface area contributed by atoms with Crippen molar-refractivity contribution < 1.29 is 17.6 Å². The molecule has 0 atom stereocenters. The Morgan fingerprint density at radius 1 is 1.00 bits per heavy atom. The summed E-state index contributed by atoms with van der Waals surface area (Å²) in [6.45, 7) is 4.74. The molecule has 2 aromatic carbocycles. The fourth-order valence-electron chi connectivity index (χ4n) is 4.25. The van der Waals surface area contributed by atoms with Gasteiger partial charge in [0, 0.05) is 49.3 Å². The van der Waals surface area contributed by atoms with E-state index in [9.17, 15) is 17.6 Å². The van der Waals surface area contributed by atoms with Crippen LogP contribution < -0.4 is 4.72 Å². The summed E-state index contributed by atoms with van der Waals surface area (Å²) < 4.78 is 39.4. The summed E-state index contributed by atoms with van der Waals surface area (Å²) in [4.78, 5) is 16.9. The van der Waals surface area contributed by atoms with Gasteiger partial charge in [-0.25, -0.2) is 17.5 Å². The molecule has 0 unspecified atom stereocenters. The van der Waals surface area contributed by atoms with Crippen LogP contribution in [0.3, 0.4) is 0 Å². The molecule has 1 aliphatic carbocycles. The van der Waals surface area contributed by atoms with Crippen molar-refractivity contribution in [2.45, 2.75) is 31.8 Å². The Balaban J connectivity index is 1.42. The van der Waals surface area contributed by atoms with Crippen molar-refractivity contribution in [2.75, 3.05) is 32.4 Å². The number of hydrogen-bond donors (Lipinski definition) is 1. The minimum atomic E-state index is -3.77. The maximum Gasteiger partial charge on any atom is 0.267 e. The maximum atomic E-state index is 14.8. The van der Waals surface area contributed by atoms with Crippen molar-refractivity contribution in [3.05, 3.63) is 68.4 Å². The number of halogens is 3. The van der Waals surface area contributed by atoms with Gasteiger partial charge in [0.1, 0.15) is 5.82 Å². The van der Waals surface area contributed by atoms with E-state index in [1.165, 1.54) is 12.1 Å². The van der Waals surface area contributed by atoms with Crippen LogP contribution in [0.4, 0.5) is 4.39 Å². The third kappa shape index (κ3) is 6.67. The molecular formula is C23H26Cl2FN3O3S. The quantitative estimate of drug-likeness (QED) is 0.605. The van der Waals surface area contributed by atoms with E-state index in [1.54, 1.807) is 6.07 Å². The van der Waals surface area contributed by atoms with Gasteiger partial charge < -0.3 is 0 Å². The first-order valence-corrected chi connectivity index (χ1v) is 13.5. The summed E-state index contributed by atoms with van der Waals surface area (Å²) in [5.41, 5.74) is 2.64. The molecule has 0 spiro atoms. The van der Waals surface area contributed by atoms with Gasteiger partial charge in [0.2, 0.25) is 10.0 Å². The van der Waals surface area contributed by atoms with Crippen LogP contribution in [-0.2, 0) is 23.1 Å². The molecule has 2 aliphatic rings. The van der Waals surface area contributed by atoms with Crippen LogP contribution in [0.15, 0.2) is 30.3 Å². The van der Waals surface area contributed by atoms with E-state index in [0.29, 0.717) is 22.5 Å². The third-order valence-electron chi connectivity index (χ3n) is 5.96. The number of sulfonamides is 1. The second kappa shape index (κ2) is 9.88. The van der Waals surface area contributed by atoms with Crippen LogP contribution in [0.2, 0.25) is 10.0 Å². The Bertz CT molecular complexity index is 1140. The predicted molar refractivity (Wildman–Crippen MR) is 128 cm³/mol. The number of benzene rings is 2. The molecule has 1 saturated heterocycles. The third-order valence-corrected chi connectivity index (χ3v) is 6.95. The minimum Gasteiger partial charge on any atom is -0.297 e. The summed E-state index contributed by atoms with van der Waals surface area (Å²) in [6.07, 6.45) is 2.85. The van der Waals surface area contributed by atoms with Crippen LogP contribution in [0, 0.1) is 5.82 Å². The molecule has 0 aromatic heterocycles. The molecule has 1 heterocycles. The second-order valence-electron chi connectivity index (χ2n) is 8.84. The molecule has 1 aliphatic heterocycles. The van der Waals surface area contributed by atoms with Gasteiger partial charge in [-0.15, -0.1) is 0 Å². The van der Waals surface area contributed by atoms with Gasteiger partial charge in [-0.1, -0.05) is 23.2 Å². The highest BCUT2D eigenvalue weighted by atomic mass is 35.5. The van der Waals surface area contributed by atoms with Gasteiger partial charge in [-0.05, 0) is 65.8 Å². The molecule has 10 heteroatoms. The first-order valence-electron chi connectivity index (χ1n) is 10.8. The molecule has 1 N–H and O–H groups in total. The average Bonchev–Trinajstić information content (AvgIpc) is 3.52. The molecule has 1 amide bonds. The number of nitrogens with zero attached hydrogens (tertiary/aromatic N) is 2. The van der Waals surface area contributed by atoms with Crippen LogP contribution in [-0.4, -0.2) is 56.6 Å². The monoisotopic (exact) mass is 513 g/mol. The highest BCUT2D eigenvalue weighted by Crippen LogP contribution is 2.42. The molecule has 178 valence electrons. The number of carbonyl (C=O) groups is 1. The Labute approximate surface area is 203 Å². The van der Waals surface area contributed by atoms with E-state index in [0.717, 1.165) is 68.5 Å². The lowest BCUT2D eigenvalue weighted by molar-refractivity contribution is 0.0977. The standard InChI is InChI=1S/C23H26Cl2FN3O3S/c1-33(31,32)27-23(30)21-12-20(16-2-3-16)17(10-22(21)26)14-29-6-4-28(5-7-29)13-15-8-18(24)11-19(25)9-15/h8-12,16H,2-7,13-14H2,1H3,(H,27,30). The lowest BCUT2D eigenvalue weighted by atomic mass is 9.98. The summed E-state index contributed by atoms with van der Waals surface area (Å²) in [7, 11) is -3.77. The highest BCUT2D eigenvalue weighted by Gasteiger charge is 2.30. The van der Waals surface area contributed by atoms with Crippen LogP contribution in [0.25, 0.3) is 0 Å². The predicted octanol–water partition coefficient (Wildman–Crippen LogP) is 4.02. The van der Waals surface area contributed by atoms with E-state index in [4.69, 9.17) is 23.2 Å². The zero-order valence-corrected chi connectivity index (χ0v) is 20.6. The summed E-state index contributed by atoms with van der Waals surface area (Å²) >= 11 is 12.2. The number of carbonyl (C=O) groups excluding carboxylic acids is 1. The van der Waals surface area contributed by atoms with E-state index < -0.39 is 21.7 Å². The molecule has 0 bridgehead atoms. The van der Waals surface area contributed by atoms with E-state index in [1.807, 2.05) is 16.9 Å². The van der Waals surface area contributed by atoms with Crippen molar-refractivity contribution in [3.8, 4) is 0 Å². The van der Waals surface area contributed by atoms with Crippen LogP contribution >= 0.6 is 23.2 Å². The van der Waals surface area contributed by atoms with Gasteiger partial charge in [0.15, 0.2) is 0 Å². The van der Waals surface area contributed by atoms with E-state index in [-0.39, 0.29) is 5.56 Å². The summed E-state index contributed by atoms with van der Waals surface area (Å²) in [6, 6.07) is 8.49. The first kappa shape index (κ1) is 24.4. The molecule has 1 saturated carbocycles. The van der Waals surface area contributed by atoms with Gasteiger partial charge >= 0.3 is 0 Å². The summed E-state index contributed by atoms with van der Waals surface area (Å²) in [5, 5.41) is 1.25. The smallest absolute Gasteiger partial charge is 0.267 e. The molecule has 2 aromatic rings. The minimum absolute atomic E-state index is 0.226. The van der Waals surface area contributed by atoms with Crippen molar-refractivity contribution in [1.29, 1.82) is 0 Å². The average molecular weight is 514 g/mol. The molecule has 4 rings (SSSR count). The molecule has 0 radical (unpaired) electrons. The Morgan fingerprint density at radius 3 is 2.12 bits per heavy atom. The topological polar surface area (TPSA) is 69.7 Å². The maximum absolute atomic E-state index is 14.8. The molecular weight excluding hydrogens is 488 g/mol. The van der Waals surface area contributed by atoms with E-state index >= 15 is 0 Å². The SMILES string of the molecule is CS(=O)(=O)NC(=O)c1cc(C2CC2)c(CN2CCN(Cc3cc(Cl)cc(Cl)c3)CC2)cc1F. The van der Waals surface area contributed by atoms with Crippen molar-refractivity contribution in [1.82, 2.24) is 14.5 Å². The number of nitrogens with one attached hydrogen (secondary N) is 1. The molecule has 6 nitrogen and oxygen atoms in total. The highest BCUT2D eigenvalue weighted by molar-refractivity contribution is 7.89. The zero-order valence-electron chi connectivity index (χ0n) is 18.3. The van der Waals surface area contributed by atoms with Crippen molar-refractivity contribution in [2.24, 2.45) is 0 Å². The van der Waals surface area contributed by atoms with E-state index in [2.05, 4.69) is 9.80 Å². The Kier molecular flexibility index (Phi) is 7.31. The fourth-order valence-corrected chi connectivity index (χ4v) is 5.26. The van der Waals surface area contributed by atoms with Gasteiger partial charge in [0.05, 0.1) is 11.8 Å². The number of amides is 1. The fraction of sp³-hybridized carbons (Fsp3) is 0.435. The van der Waals surface area contributed by atoms with Gasteiger partial charge in [0.25, 0.3) is 5.91 Å².